The maximum atomic E-state index is 12.8. The van der Waals surface area contributed by atoms with Gasteiger partial charge < -0.3 is 9.64 Å². The van der Waals surface area contributed by atoms with Crippen molar-refractivity contribution in [2.75, 3.05) is 20.2 Å². The van der Waals surface area contributed by atoms with Gasteiger partial charge in [-0.1, -0.05) is 13.0 Å². The number of nitrogens with zero attached hydrogens (tertiary/aromatic N) is 1. The summed E-state index contributed by atoms with van der Waals surface area (Å²) in [4.78, 5) is 17.9. The highest BCUT2D eigenvalue weighted by Crippen LogP contribution is 2.24. The Balaban J connectivity index is 0.000000647. The molecule has 1 aromatic heterocycles. The SMILES string of the molecule is C=CC.COc1ccc2[nH+]ccc(C(=O)N3CCC(C)CC3)c2c1. The van der Waals surface area contributed by atoms with Crippen LogP contribution in [0.2, 0.25) is 0 Å². The molecule has 0 unspecified atom stereocenters. The molecule has 1 aliphatic rings. The lowest BCUT2D eigenvalue weighted by atomic mass is 9.98. The van der Waals surface area contributed by atoms with Crippen molar-refractivity contribution in [1.82, 2.24) is 4.90 Å². The molecule has 128 valence electrons. The lowest BCUT2D eigenvalue weighted by molar-refractivity contribution is -0.344. The van der Waals surface area contributed by atoms with E-state index in [-0.39, 0.29) is 5.91 Å². The predicted octanol–water partition coefficient (Wildman–Crippen LogP) is 3.73. The number of fused-ring (bicyclic) bond motifs is 1. The van der Waals surface area contributed by atoms with Crippen molar-refractivity contribution in [3.05, 3.63) is 48.7 Å². The van der Waals surface area contributed by atoms with E-state index in [1.54, 1.807) is 13.2 Å². The highest BCUT2D eigenvalue weighted by molar-refractivity contribution is 6.05. The number of amides is 1. The first-order chi connectivity index (χ1) is 11.6. The van der Waals surface area contributed by atoms with Gasteiger partial charge in [-0.05, 0) is 37.8 Å². The van der Waals surface area contributed by atoms with Gasteiger partial charge in [-0.25, -0.2) is 4.98 Å². The minimum atomic E-state index is 0.120. The number of H-pyrrole nitrogens is 1. The fraction of sp³-hybridized carbons (Fsp3) is 0.400. The number of piperidine rings is 1. The largest absolute Gasteiger partial charge is 0.497 e. The molecule has 24 heavy (non-hydrogen) atoms. The van der Waals surface area contributed by atoms with Gasteiger partial charge in [0.25, 0.3) is 5.91 Å². The maximum absolute atomic E-state index is 12.8. The summed E-state index contributed by atoms with van der Waals surface area (Å²) < 4.78 is 5.28. The minimum Gasteiger partial charge on any atom is -0.497 e. The smallest absolute Gasteiger partial charge is 0.254 e. The summed E-state index contributed by atoms with van der Waals surface area (Å²) in [6.45, 7) is 9.20. The van der Waals surface area contributed by atoms with Crippen LogP contribution < -0.4 is 9.72 Å². The number of nitrogens with one attached hydrogen (secondary N) is 1. The van der Waals surface area contributed by atoms with Gasteiger partial charge >= 0.3 is 0 Å². The second-order valence-electron chi connectivity index (χ2n) is 6.19. The van der Waals surface area contributed by atoms with Crippen LogP contribution >= 0.6 is 0 Å². The quantitative estimate of drug-likeness (QED) is 0.789. The third-order valence-electron chi connectivity index (χ3n) is 4.31. The van der Waals surface area contributed by atoms with Gasteiger partial charge in [-0.3, -0.25) is 4.79 Å². The molecule has 4 nitrogen and oxygen atoms in total. The lowest BCUT2D eigenvalue weighted by Crippen LogP contribution is -2.38. The summed E-state index contributed by atoms with van der Waals surface area (Å²) in [5.74, 6) is 1.60. The van der Waals surface area contributed by atoms with Gasteiger partial charge in [0.1, 0.15) is 5.75 Å². The van der Waals surface area contributed by atoms with E-state index < -0.39 is 0 Å². The van der Waals surface area contributed by atoms with Crippen LogP contribution in [-0.2, 0) is 0 Å². The van der Waals surface area contributed by atoms with Gasteiger partial charge in [-0.2, -0.15) is 0 Å². The van der Waals surface area contributed by atoms with E-state index in [4.69, 9.17) is 4.74 Å². The second kappa shape index (κ2) is 8.48. The maximum Gasteiger partial charge on any atom is 0.254 e. The molecule has 1 amide bonds. The fourth-order valence-corrected chi connectivity index (χ4v) is 2.87. The van der Waals surface area contributed by atoms with Gasteiger partial charge in [0, 0.05) is 25.2 Å². The van der Waals surface area contributed by atoms with Gasteiger partial charge in [0.2, 0.25) is 5.52 Å². The van der Waals surface area contributed by atoms with Crippen LogP contribution in [0.3, 0.4) is 0 Å². The topological polar surface area (TPSA) is 43.7 Å². The predicted molar refractivity (Wildman–Crippen MR) is 97.2 cm³/mol. The van der Waals surface area contributed by atoms with E-state index in [0.29, 0.717) is 0 Å². The van der Waals surface area contributed by atoms with Crippen molar-refractivity contribution in [2.45, 2.75) is 26.7 Å². The molecule has 1 aromatic carbocycles. The standard InChI is InChI=1S/C17H20N2O2.C3H6/c1-12-6-9-19(10-7-12)17(20)14-5-8-18-16-4-3-13(21-2)11-15(14)16;1-3-2/h3-5,8,11-12H,6-7,9-10H2,1-2H3;3H,1H2,2H3/p+1. The summed E-state index contributed by atoms with van der Waals surface area (Å²) >= 11 is 0. The van der Waals surface area contributed by atoms with Gasteiger partial charge in [-0.15, -0.1) is 6.58 Å². The summed E-state index contributed by atoms with van der Waals surface area (Å²) in [5, 5.41) is 0.917. The highest BCUT2D eigenvalue weighted by atomic mass is 16.5. The molecule has 0 atom stereocenters. The van der Waals surface area contributed by atoms with Crippen molar-refractivity contribution in [3.8, 4) is 5.75 Å². The van der Waals surface area contributed by atoms with Crippen LogP contribution in [0.5, 0.6) is 5.75 Å². The summed E-state index contributed by atoms with van der Waals surface area (Å²) in [6.07, 6.45) is 5.76. The molecule has 0 bridgehead atoms. The molecule has 2 aromatic rings. The molecule has 1 N–H and O–H groups in total. The van der Waals surface area contributed by atoms with Crippen molar-refractivity contribution >= 4 is 16.8 Å². The van der Waals surface area contributed by atoms with E-state index in [9.17, 15) is 4.79 Å². The second-order valence-corrected chi connectivity index (χ2v) is 6.19. The van der Waals surface area contributed by atoms with Crippen LogP contribution in [-0.4, -0.2) is 31.0 Å². The van der Waals surface area contributed by atoms with Gasteiger partial charge in [0.15, 0.2) is 6.20 Å². The third-order valence-corrected chi connectivity index (χ3v) is 4.31. The van der Waals surface area contributed by atoms with Gasteiger partial charge in [0.05, 0.1) is 18.1 Å². The minimum absolute atomic E-state index is 0.120. The number of carbonyl (C=O) groups is 1. The number of methoxy groups -OCH3 is 1. The number of ether oxygens (including phenoxy) is 1. The normalized spacial score (nSPS) is 14.7. The highest BCUT2D eigenvalue weighted by Gasteiger charge is 2.24. The number of hydrogen-bond acceptors (Lipinski definition) is 2. The Hall–Kier alpha value is -2.36. The van der Waals surface area contributed by atoms with Crippen LogP contribution in [0.4, 0.5) is 0 Å². The zero-order valence-corrected chi connectivity index (χ0v) is 14.8. The van der Waals surface area contributed by atoms with Crippen LogP contribution in [0.15, 0.2) is 43.1 Å². The number of likely N-dealkylation sites (tertiary alicyclic amines) is 1. The third kappa shape index (κ3) is 4.13. The Morgan fingerprint density at radius 1 is 1.33 bits per heavy atom. The Kier molecular flexibility index (Phi) is 6.36. The average molecular weight is 327 g/mol. The Bertz CT molecular complexity index is 704. The summed E-state index contributed by atoms with van der Waals surface area (Å²) in [6, 6.07) is 7.63. The number of rotatable bonds is 2. The zero-order chi connectivity index (χ0) is 17.5. The number of hydrogen-bond donors (Lipinski definition) is 0. The summed E-state index contributed by atoms with van der Waals surface area (Å²) in [5.41, 5.74) is 1.70. The molecular weight excluding hydrogens is 300 g/mol. The first-order valence-electron chi connectivity index (χ1n) is 8.45. The van der Waals surface area contributed by atoms with E-state index in [0.717, 1.165) is 54.1 Å². The molecule has 1 saturated heterocycles. The first-order valence-corrected chi connectivity index (χ1v) is 8.45. The molecule has 0 saturated carbocycles. The van der Waals surface area contributed by atoms with E-state index in [1.165, 1.54) is 0 Å². The molecule has 1 aliphatic heterocycles. The number of aromatic amines is 1. The molecule has 3 rings (SSSR count). The first kappa shape index (κ1) is 18.0. The molecular formula is C20H27N2O2+. The fourth-order valence-electron chi connectivity index (χ4n) is 2.87. The van der Waals surface area contributed by atoms with Crippen molar-refractivity contribution in [2.24, 2.45) is 5.92 Å². The van der Waals surface area contributed by atoms with E-state index in [1.807, 2.05) is 42.3 Å². The molecule has 0 aliphatic carbocycles. The number of pyridine rings is 1. The van der Waals surface area contributed by atoms with Crippen molar-refractivity contribution in [3.63, 3.8) is 0 Å². The molecule has 4 heteroatoms. The number of allylic oxidation sites excluding steroid dienone is 1. The molecule has 0 radical (unpaired) electrons. The average Bonchev–Trinajstić information content (AvgIpc) is 2.61. The lowest BCUT2D eigenvalue weighted by Gasteiger charge is -2.30. The monoisotopic (exact) mass is 327 g/mol. The number of aromatic nitrogens is 1. The Labute approximate surface area is 144 Å². The van der Waals surface area contributed by atoms with Crippen LogP contribution in [0.25, 0.3) is 10.9 Å². The Morgan fingerprint density at radius 3 is 2.62 bits per heavy atom. The molecule has 1 fully saturated rings. The number of benzene rings is 1. The molecule has 2 heterocycles. The number of carbonyl (C=O) groups excluding carboxylic acids is 1. The van der Waals surface area contributed by atoms with Crippen LogP contribution in [0.1, 0.15) is 37.0 Å². The van der Waals surface area contributed by atoms with E-state index >= 15 is 0 Å². The van der Waals surface area contributed by atoms with Crippen molar-refractivity contribution < 1.29 is 14.5 Å². The Morgan fingerprint density at radius 2 is 2.00 bits per heavy atom. The summed E-state index contributed by atoms with van der Waals surface area (Å²) in [7, 11) is 1.64. The van der Waals surface area contributed by atoms with Crippen molar-refractivity contribution in [1.29, 1.82) is 0 Å². The van der Waals surface area contributed by atoms with E-state index in [2.05, 4.69) is 18.5 Å². The molecule has 0 spiro atoms. The van der Waals surface area contributed by atoms with Crippen LogP contribution in [0, 0.1) is 5.92 Å². The zero-order valence-electron chi connectivity index (χ0n) is 14.8.